The number of anilines is 1. The highest BCUT2D eigenvalue weighted by Crippen LogP contribution is 2.24. The van der Waals surface area contributed by atoms with Gasteiger partial charge in [-0.05, 0) is 26.9 Å². The highest BCUT2D eigenvalue weighted by atomic mass is 32.1. The first kappa shape index (κ1) is 11.3. The van der Waals surface area contributed by atoms with Crippen LogP contribution < -0.4 is 5.32 Å². The zero-order valence-electron chi connectivity index (χ0n) is 9.36. The molecule has 88 valence electrons. The second-order valence-corrected chi connectivity index (χ2v) is 5.32. The summed E-state index contributed by atoms with van der Waals surface area (Å²) < 4.78 is 0. The smallest absolute Gasteiger partial charge is 0.355 e. The molecule has 0 aromatic carbocycles. The van der Waals surface area contributed by atoms with Crippen molar-refractivity contribution < 1.29 is 9.90 Å². The molecular weight excluding hydrogens is 226 g/mol. The number of hydrogen-bond acceptors (Lipinski definition) is 5. The van der Waals surface area contributed by atoms with Crippen molar-refractivity contribution in [3.8, 4) is 0 Å². The van der Waals surface area contributed by atoms with Gasteiger partial charge in [-0.3, -0.25) is 0 Å². The minimum atomic E-state index is -0.953. The van der Waals surface area contributed by atoms with Gasteiger partial charge in [0.25, 0.3) is 0 Å². The Morgan fingerprint density at radius 3 is 2.94 bits per heavy atom. The van der Waals surface area contributed by atoms with Crippen LogP contribution in [0.2, 0.25) is 0 Å². The Balaban J connectivity index is 2.05. The number of aryl methyl sites for hydroxylation is 1. The first-order valence-corrected chi connectivity index (χ1v) is 6.03. The number of thiazole rings is 1. The van der Waals surface area contributed by atoms with E-state index < -0.39 is 5.97 Å². The fraction of sp³-hybridized carbons (Fsp3) is 0.600. The van der Waals surface area contributed by atoms with Crippen LogP contribution in [-0.2, 0) is 0 Å². The molecule has 2 rings (SSSR count). The molecule has 1 aromatic heterocycles. The zero-order chi connectivity index (χ0) is 11.7. The number of nitrogens with zero attached hydrogens (tertiary/aromatic N) is 2. The predicted octanol–water partition coefficient (Wildman–Crippen LogP) is 1.27. The van der Waals surface area contributed by atoms with Gasteiger partial charge in [0.2, 0.25) is 0 Å². The Morgan fingerprint density at radius 2 is 2.44 bits per heavy atom. The van der Waals surface area contributed by atoms with Gasteiger partial charge < -0.3 is 15.3 Å². The summed E-state index contributed by atoms with van der Waals surface area (Å²) in [4.78, 5) is 17.9. The molecule has 1 unspecified atom stereocenters. The average Bonchev–Trinajstić information content (AvgIpc) is 2.73. The minimum Gasteiger partial charge on any atom is -0.476 e. The van der Waals surface area contributed by atoms with Crippen LogP contribution >= 0.6 is 11.3 Å². The van der Waals surface area contributed by atoms with Gasteiger partial charge >= 0.3 is 5.97 Å². The number of aromatic nitrogens is 1. The lowest BCUT2D eigenvalue weighted by molar-refractivity contribution is 0.0690. The van der Waals surface area contributed by atoms with Gasteiger partial charge in [-0.1, -0.05) is 0 Å². The molecule has 2 N–H and O–H groups in total. The largest absolute Gasteiger partial charge is 0.476 e. The number of rotatable bonds is 3. The molecular formula is C10H15N3O2S. The second-order valence-electron chi connectivity index (χ2n) is 4.12. The standard InChI is InChI=1S/C10H15N3O2S/c1-6-8(9(14)15)12-10(16-6)11-7-3-4-13(2)5-7/h7H,3-5H2,1-2H3,(H,11,12)(H,14,15). The number of carboxylic acids is 1. The van der Waals surface area contributed by atoms with Crippen LogP contribution in [0.25, 0.3) is 0 Å². The second kappa shape index (κ2) is 4.39. The van der Waals surface area contributed by atoms with E-state index in [1.807, 2.05) is 0 Å². The Kier molecular flexibility index (Phi) is 3.11. The van der Waals surface area contributed by atoms with Crippen LogP contribution in [0.1, 0.15) is 21.8 Å². The third-order valence-electron chi connectivity index (χ3n) is 2.72. The van der Waals surface area contributed by atoms with Crippen molar-refractivity contribution in [1.82, 2.24) is 9.88 Å². The molecule has 16 heavy (non-hydrogen) atoms. The molecule has 1 aliphatic rings. The maximum absolute atomic E-state index is 10.8. The van der Waals surface area contributed by atoms with E-state index in [0.29, 0.717) is 6.04 Å². The van der Waals surface area contributed by atoms with Crippen LogP contribution in [-0.4, -0.2) is 47.1 Å². The van der Waals surface area contributed by atoms with Crippen LogP contribution in [0, 0.1) is 6.92 Å². The van der Waals surface area contributed by atoms with Gasteiger partial charge in [-0.15, -0.1) is 11.3 Å². The number of likely N-dealkylation sites (tertiary alicyclic amines) is 1. The number of carbonyl (C=O) groups is 1. The topological polar surface area (TPSA) is 65.5 Å². The first-order valence-electron chi connectivity index (χ1n) is 5.22. The van der Waals surface area contributed by atoms with Crippen molar-refractivity contribution in [3.05, 3.63) is 10.6 Å². The number of nitrogens with one attached hydrogen (secondary N) is 1. The van der Waals surface area contributed by atoms with Gasteiger partial charge in [0.15, 0.2) is 10.8 Å². The Labute approximate surface area is 98.1 Å². The Bertz CT molecular complexity index is 405. The van der Waals surface area contributed by atoms with E-state index in [1.54, 1.807) is 6.92 Å². The molecule has 2 heterocycles. The van der Waals surface area contributed by atoms with Crippen molar-refractivity contribution >= 4 is 22.4 Å². The molecule has 6 heteroatoms. The molecule has 1 atom stereocenters. The Morgan fingerprint density at radius 1 is 1.69 bits per heavy atom. The van der Waals surface area contributed by atoms with E-state index in [4.69, 9.17) is 5.11 Å². The van der Waals surface area contributed by atoms with Gasteiger partial charge in [0.05, 0.1) is 0 Å². The molecule has 0 amide bonds. The molecule has 0 radical (unpaired) electrons. The maximum atomic E-state index is 10.8. The molecule has 1 aliphatic heterocycles. The van der Waals surface area contributed by atoms with E-state index in [9.17, 15) is 4.79 Å². The van der Waals surface area contributed by atoms with Gasteiger partial charge in [-0.25, -0.2) is 9.78 Å². The van der Waals surface area contributed by atoms with Gasteiger partial charge in [0.1, 0.15) is 0 Å². The summed E-state index contributed by atoms with van der Waals surface area (Å²) in [6.07, 6.45) is 1.08. The van der Waals surface area contributed by atoms with E-state index in [1.165, 1.54) is 11.3 Å². The van der Waals surface area contributed by atoms with Gasteiger partial charge in [0, 0.05) is 17.5 Å². The van der Waals surface area contributed by atoms with Crippen LogP contribution in [0.3, 0.4) is 0 Å². The normalized spacial score (nSPS) is 21.2. The Hall–Kier alpha value is -1.14. The van der Waals surface area contributed by atoms with E-state index >= 15 is 0 Å². The summed E-state index contributed by atoms with van der Waals surface area (Å²) in [5.41, 5.74) is 0.166. The van der Waals surface area contributed by atoms with Crippen LogP contribution in [0.5, 0.6) is 0 Å². The summed E-state index contributed by atoms with van der Waals surface area (Å²) in [5, 5.41) is 12.9. The predicted molar refractivity (Wildman–Crippen MR) is 63.3 cm³/mol. The fourth-order valence-electron chi connectivity index (χ4n) is 1.88. The van der Waals surface area contributed by atoms with Gasteiger partial charge in [-0.2, -0.15) is 0 Å². The third-order valence-corrected chi connectivity index (χ3v) is 3.62. The summed E-state index contributed by atoms with van der Waals surface area (Å²) >= 11 is 1.41. The van der Waals surface area contributed by atoms with Crippen molar-refractivity contribution in [2.24, 2.45) is 0 Å². The molecule has 1 fully saturated rings. The summed E-state index contributed by atoms with van der Waals surface area (Å²) in [6.45, 7) is 3.85. The lowest BCUT2D eigenvalue weighted by atomic mass is 10.3. The monoisotopic (exact) mass is 241 g/mol. The van der Waals surface area contributed by atoms with E-state index in [2.05, 4.69) is 22.2 Å². The molecule has 0 saturated carbocycles. The van der Waals surface area contributed by atoms with Crippen molar-refractivity contribution in [2.75, 3.05) is 25.5 Å². The zero-order valence-corrected chi connectivity index (χ0v) is 10.2. The summed E-state index contributed by atoms with van der Waals surface area (Å²) in [6, 6.07) is 0.386. The molecule has 1 aromatic rings. The van der Waals surface area contributed by atoms with Crippen molar-refractivity contribution in [1.29, 1.82) is 0 Å². The highest BCUT2D eigenvalue weighted by Gasteiger charge is 2.21. The lowest BCUT2D eigenvalue weighted by Crippen LogP contribution is -2.23. The maximum Gasteiger partial charge on any atom is 0.355 e. The molecule has 5 nitrogen and oxygen atoms in total. The summed E-state index contributed by atoms with van der Waals surface area (Å²) in [5.74, 6) is -0.953. The molecule has 0 spiro atoms. The van der Waals surface area contributed by atoms with Crippen LogP contribution in [0.4, 0.5) is 5.13 Å². The SMILES string of the molecule is Cc1sc(NC2CCN(C)C2)nc1C(=O)O. The number of likely N-dealkylation sites (N-methyl/N-ethyl adjacent to an activating group) is 1. The first-order chi connectivity index (χ1) is 7.56. The fourth-order valence-corrected chi connectivity index (χ4v) is 2.77. The molecule has 0 aliphatic carbocycles. The number of aromatic carboxylic acids is 1. The van der Waals surface area contributed by atoms with Crippen molar-refractivity contribution in [2.45, 2.75) is 19.4 Å². The third kappa shape index (κ3) is 2.33. The molecule has 0 bridgehead atoms. The average molecular weight is 241 g/mol. The van der Waals surface area contributed by atoms with E-state index in [0.717, 1.165) is 29.5 Å². The van der Waals surface area contributed by atoms with E-state index in [-0.39, 0.29) is 5.69 Å². The quantitative estimate of drug-likeness (QED) is 0.834. The minimum absolute atomic E-state index is 0.166. The summed E-state index contributed by atoms with van der Waals surface area (Å²) in [7, 11) is 2.08. The molecule has 1 saturated heterocycles. The van der Waals surface area contributed by atoms with Crippen molar-refractivity contribution in [3.63, 3.8) is 0 Å². The van der Waals surface area contributed by atoms with Crippen LogP contribution in [0.15, 0.2) is 0 Å². The number of carboxylic acid groups (broad SMARTS) is 1. The lowest BCUT2D eigenvalue weighted by Gasteiger charge is -2.10. The highest BCUT2D eigenvalue weighted by molar-refractivity contribution is 7.15. The number of hydrogen-bond donors (Lipinski definition) is 2.